The van der Waals surface area contributed by atoms with Crippen molar-refractivity contribution in [2.24, 2.45) is 11.1 Å². The minimum absolute atomic E-state index is 0. The fourth-order valence-corrected chi connectivity index (χ4v) is 3.51. The molecule has 0 aliphatic carbocycles. The van der Waals surface area contributed by atoms with Crippen molar-refractivity contribution in [1.29, 1.82) is 0 Å². The van der Waals surface area contributed by atoms with E-state index in [1.807, 2.05) is 44.2 Å². The van der Waals surface area contributed by atoms with Gasteiger partial charge >= 0.3 is 0 Å². The lowest BCUT2D eigenvalue weighted by Gasteiger charge is -2.29. The second kappa shape index (κ2) is 9.41. The number of carbonyl (C=O) groups is 3. The molecule has 6 nitrogen and oxygen atoms in total. The van der Waals surface area contributed by atoms with Gasteiger partial charge in [-0.05, 0) is 42.1 Å². The normalized spacial score (nSPS) is 13.1. The molecule has 0 fully saturated rings. The fourth-order valence-electron chi connectivity index (χ4n) is 3.51. The maximum absolute atomic E-state index is 12.8. The van der Waals surface area contributed by atoms with E-state index in [1.165, 1.54) is 11.0 Å². The lowest BCUT2D eigenvalue weighted by atomic mass is 9.93. The van der Waals surface area contributed by atoms with Gasteiger partial charge in [-0.1, -0.05) is 44.2 Å². The summed E-state index contributed by atoms with van der Waals surface area (Å²) in [6.07, 6.45) is 0.592. The molecule has 0 aromatic heterocycles. The first-order valence-corrected chi connectivity index (χ1v) is 9.73. The minimum Gasteiger partial charge on any atom is -0.341 e. The van der Waals surface area contributed by atoms with Crippen molar-refractivity contribution in [3.63, 3.8) is 0 Å². The summed E-state index contributed by atoms with van der Waals surface area (Å²) < 4.78 is 0. The maximum atomic E-state index is 12.8. The smallest absolute Gasteiger partial charge is 0.261 e. The van der Waals surface area contributed by atoms with E-state index in [0.717, 1.165) is 5.56 Å². The maximum Gasteiger partial charge on any atom is 0.261 e. The van der Waals surface area contributed by atoms with Gasteiger partial charge in [0, 0.05) is 25.7 Å². The van der Waals surface area contributed by atoms with Gasteiger partial charge in [-0.3, -0.25) is 19.3 Å². The van der Waals surface area contributed by atoms with Crippen molar-refractivity contribution in [3.05, 3.63) is 70.8 Å². The highest BCUT2D eigenvalue weighted by molar-refractivity contribution is 6.22. The van der Waals surface area contributed by atoms with Crippen LogP contribution in [0.1, 0.15) is 50.5 Å². The van der Waals surface area contributed by atoms with Gasteiger partial charge in [0.05, 0.1) is 11.1 Å². The Morgan fingerprint density at radius 2 is 1.67 bits per heavy atom. The van der Waals surface area contributed by atoms with Crippen molar-refractivity contribution in [3.8, 4) is 0 Å². The highest BCUT2D eigenvalue weighted by Gasteiger charge is 2.36. The van der Waals surface area contributed by atoms with Gasteiger partial charge < -0.3 is 10.6 Å². The molecule has 0 bridgehead atoms. The quantitative estimate of drug-likeness (QED) is 0.686. The van der Waals surface area contributed by atoms with Crippen molar-refractivity contribution >= 4 is 30.1 Å². The Kier molecular flexibility index (Phi) is 7.39. The van der Waals surface area contributed by atoms with E-state index in [1.54, 1.807) is 24.1 Å². The second-order valence-corrected chi connectivity index (χ2v) is 8.29. The summed E-state index contributed by atoms with van der Waals surface area (Å²) >= 11 is 0. The third kappa shape index (κ3) is 4.89. The largest absolute Gasteiger partial charge is 0.341 e. The number of nitrogens with zero attached hydrogens (tertiary/aromatic N) is 2. The Balaban J connectivity index is 0.00000320. The zero-order valence-corrected chi connectivity index (χ0v) is 18.4. The predicted molar refractivity (Wildman–Crippen MR) is 119 cm³/mol. The number of fused-ring (bicyclic) bond motifs is 1. The average molecular weight is 430 g/mol. The number of hydrogen-bond donors (Lipinski definition) is 1. The molecule has 3 amide bonds. The van der Waals surface area contributed by atoms with E-state index in [0.29, 0.717) is 42.7 Å². The molecule has 2 aromatic rings. The molecule has 0 radical (unpaired) electrons. The standard InChI is InChI=1S/C23H27N3O3.ClH/c1-23(2,14-24)15-25(3)20(27)17-9-10-18-19(13-17)22(29)26(21(18)28)12-11-16-7-5-4-6-8-16;/h4-10,13H,11-12,14-15,24H2,1-3H3;1H. The van der Waals surface area contributed by atoms with Crippen molar-refractivity contribution < 1.29 is 14.4 Å². The molecule has 0 saturated carbocycles. The number of benzene rings is 2. The monoisotopic (exact) mass is 429 g/mol. The van der Waals surface area contributed by atoms with Crippen LogP contribution < -0.4 is 5.73 Å². The van der Waals surface area contributed by atoms with Crippen molar-refractivity contribution in [1.82, 2.24) is 9.80 Å². The highest BCUT2D eigenvalue weighted by Crippen LogP contribution is 2.25. The van der Waals surface area contributed by atoms with Crippen LogP contribution in [0.2, 0.25) is 0 Å². The highest BCUT2D eigenvalue weighted by atomic mass is 35.5. The zero-order valence-electron chi connectivity index (χ0n) is 17.6. The SMILES string of the molecule is CN(CC(C)(C)CN)C(=O)c1ccc2c(c1)C(=O)N(CCc1ccccc1)C2=O.Cl. The van der Waals surface area contributed by atoms with Crippen LogP contribution >= 0.6 is 12.4 Å². The Labute approximate surface area is 183 Å². The number of hydrogen-bond acceptors (Lipinski definition) is 4. The molecule has 0 saturated heterocycles. The molecule has 7 heteroatoms. The molecule has 0 spiro atoms. The Morgan fingerprint density at radius 3 is 2.30 bits per heavy atom. The van der Waals surface area contributed by atoms with Crippen LogP contribution in [0.3, 0.4) is 0 Å². The summed E-state index contributed by atoms with van der Waals surface area (Å²) in [6.45, 7) is 5.25. The van der Waals surface area contributed by atoms with Crippen LogP contribution in [0, 0.1) is 5.41 Å². The molecule has 1 heterocycles. The third-order valence-electron chi connectivity index (χ3n) is 5.25. The molecule has 3 rings (SSSR count). The van der Waals surface area contributed by atoms with Crippen molar-refractivity contribution in [2.45, 2.75) is 20.3 Å². The minimum atomic E-state index is -0.347. The summed E-state index contributed by atoms with van der Waals surface area (Å²) in [5.41, 5.74) is 7.65. The Hall–Kier alpha value is -2.70. The Morgan fingerprint density at radius 1 is 1.03 bits per heavy atom. The average Bonchev–Trinajstić information content (AvgIpc) is 2.96. The molecule has 1 aliphatic rings. The van der Waals surface area contributed by atoms with Crippen LogP contribution in [-0.2, 0) is 6.42 Å². The molecular weight excluding hydrogens is 402 g/mol. The van der Waals surface area contributed by atoms with E-state index in [2.05, 4.69) is 0 Å². The number of amides is 3. The zero-order chi connectivity index (χ0) is 21.2. The Bertz CT molecular complexity index is 944. The van der Waals surface area contributed by atoms with Crippen LogP contribution in [0.15, 0.2) is 48.5 Å². The molecule has 0 unspecified atom stereocenters. The first-order valence-electron chi connectivity index (χ1n) is 9.73. The van der Waals surface area contributed by atoms with Crippen LogP contribution in [0.4, 0.5) is 0 Å². The number of rotatable bonds is 7. The number of carbonyl (C=O) groups excluding carboxylic acids is 3. The number of nitrogens with two attached hydrogens (primary N) is 1. The third-order valence-corrected chi connectivity index (χ3v) is 5.25. The summed E-state index contributed by atoms with van der Waals surface area (Å²) in [5, 5.41) is 0. The van der Waals surface area contributed by atoms with Gasteiger partial charge in [0.15, 0.2) is 0 Å². The van der Waals surface area contributed by atoms with E-state index in [-0.39, 0.29) is 35.5 Å². The number of imide groups is 1. The van der Waals surface area contributed by atoms with Crippen molar-refractivity contribution in [2.75, 3.05) is 26.7 Å². The molecule has 160 valence electrons. The molecule has 2 N–H and O–H groups in total. The van der Waals surface area contributed by atoms with E-state index < -0.39 is 0 Å². The van der Waals surface area contributed by atoms with Crippen LogP contribution in [0.5, 0.6) is 0 Å². The van der Waals surface area contributed by atoms with E-state index in [4.69, 9.17) is 5.73 Å². The molecular formula is C23H28ClN3O3. The lowest BCUT2D eigenvalue weighted by Crippen LogP contribution is -2.39. The topological polar surface area (TPSA) is 83.7 Å². The fraction of sp³-hybridized carbons (Fsp3) is 0.348. The lowest BCUT2D eigenvalue weighted by molar-refractivity contribution is 0.0655. The van der Waals surface area contributed by atoms with Gasteiger partial charge in [-0.25, -0.2) is 0 Å². The van der Waals surface area contributed by atoms with Gasteiger partial charge in [-0.2, -0.15) is 0 Å². The first kappa shape index (κ1) is 23.6. The van der Waals surface area contributed by atoms with Gasteiger partial charge in [0.2, 0.25) is 0 Å². The second-order valence-electron chi connectivity index (χ2n) is 8.29. The van der Waals surface area contributed by atoms with E-state index >= 15 is 0 Å². The van der Waals surface area contributed by atoms with Gasteiger partial charge in [0.25, 0.3) is 17.7 Å². The first-order chi connectivity index (χ1) is 13.7. The summed E-state index contributed by atoms with van der Waals surface area (Å²) in [4.78, 5) is 41.1. The summed E-state index contributed by atoms with van der Waals surface area (Å²) in [6, 6.07) is 14.4. The summed E-state index contributed by atoms with van der Waals surface area (Å²) in [7, 11) is 1.71. The molecule has 0 atom stereocenters. The molecule has 1 aliphatic heterocycles. The molecule has 30 heavy (non-hydrogen) atoms. The van der Waals surface area contributed by atoms with Crippen LogP contribution in [-0.4, -0.2) is 54.2 Å². The van der Waals surface area contributed by atoms with Gasteiger partial charge in [0.1, 0.15) is 0 Å². The summed E-state index contributed by atoms with van der Waals surface area (Å²) in [5.74, 6) is -0.851. The number of halogens is 1. The molecule has 2 aromatic carbocycles. The predicted octanol–water partition coefficient (Wildman–Crippen LogP) is 3.00. The van der Waals surface area contributed by atoms with E-state index in [9.17, 15) is 14.4 Å². The van der Waals surface area contributed by atoms with Crippen LogP contribution in [0.25, 0.3) is 0 Å². The van der Waals surface area contributed by atoms with Gasteiger partial charge in [-0.15, -0.1) is 12.4 Å².